The molecule has 1 fully saturated rings. The maximum absolute atomic E-state index is 11.3. The van der Waals surface area contributed by atoms with E-state index in [1.54, 1.807) is 0 Å². The second-order valence-electron chi connectivity index (χ2n) is 3.60. The number of hydrogen-bond donors (Lipinski definition) is 2. The average Bonchev–Trinajstić information content (AvgIpc) is 2.20. The van der Waals surface area contributed by atoms with Gasteiger partial charge >= 0.3 is 11.9 Å². The lowest BCUT2D eigenvalue weighted by Gasteiger charge is -2.21. The van der Waals surface area contributed by atoms with Crippen LogP contribution in [0.1, 0.15) is 25.7 Å². The van der Waals surface area contributed by atoms with E-state index in [1.807, 2.05) is 0 Å². The zero-order chi connectivity index (χ0) is 11.3. The number of hydrogen-bond acceptors (Lipinski definition) is 6. The molecule has 0 radical (unpaired) electrons. The highest BCUT2D eigenvalue weighted by molar-refractivity contribution is 5.80. The quantitative estimate of drug-likeness (QED) is 0.408. The first kappa shape index (κ1) is 11.9. The molecule has 0 atom stereocenters. The van der Waals surface area contributed by atoms with Crippen LogP contribution in [-0.4, -0.2) is 30.8 Å². The van der Waals surface area contributed by atoms with Gasteiger partial charge < -0.3 is 20.9 Å². The van der Waals surface area contributed by atoms with Crippen LogP contribution in [0.15, 0.2) is 0 Å². The molecule has 0 aromatic heterocycles. The topological polar surface area (TPSA) is 105 Å². The summed E-state index contributed by atoms with van der Waals surface area (Å²) in [6.07, 6.45) is 1.36. The number of ether oxygens (including phenoxy) is 2. The highest BCUT2D eigenvalue weighted by atomic mass is 16.5. The van der Waals surface area contributed by atoms with E-state index < -0.39 is 11.6 Å². The van der Waals surface area contributed by atoms with E-state index in [-0.39, 0.29) is 25.4 Å². The first-order valence-electron chi connectivity index (χ1n) is 4.93. The van der Waals surface area contributed by atoms with Crippen LogP contribution in [0.5, 0.6) is 0 Å². The lowest BCUT2D eigenvalue weighted by Crippen LogP contribution is -2.57. The molecule has 0 saturated carbocycles. The van der Waals surface area contributed by atoms with Gasteiger partial charge in [-0.25, -0.2) is 4.79 Å². The molecule has 6 heteroatoms. The van der Waals surface area contributed by atoms with Gasteiger partial charge in [0.05, 0.1) is 13.2 Å². The van der Waals surface area contributed by atoms with Gasteiger partial charge in [0.15, 0.2) is 5.66 Å². The molecule has 0 aromatic rings. The largest absolute Gasteiger partial charge is 0.466 e. The van der Waals surface area contributed by atoms with Crippen LogP contribution >= 0.6 is 0 Å². The molecule has 0 bridgehead atoms. The zero-order valence-electron chi connectivity index (χ0n) is 8.53. The Labute approximate surface area is 87.9 Å². The van der Waals surface area contributed by atoms with Crippen LogP contribution in [0.3, 0.4) is 0 Å². The van der Waals surface area contributed by atoms with Crippen molar-refractivity contribution in [3.05, 3.63) is 0 Å². The maximum atomic E-state index is 11.3. The smallest absolute Gasteiger partial charge is 0.340 e. The summed E-state index contributed by atoms with van der Waals surface area (Å²) in [4.78, 5) is 22.5. The van der Waals surface area contributed by atoms with E-state index >= 15 is 0 Å². The predicted molar refractivity (Wildman–Crippen MR) is 51.5 cm³/mol. The monoisotopic (exact) mass is 216 g/mol. The Morgan fingerprint density at radius 2 is 1.67 bits per heavy atom. The van der Waals surface area contributed by atoms with Crippen LogP contribution in [0.2, 0.25) is 0 Å². The number of nitrogens with two attached hydrogens (primary N) is 2. The SMILES string of the molecule is NC1(N)CCC(=O)OCCCCOC1=O. The minimum absolute atomic E-state index is 0.0299. The van der Waals surface area contributed by atoms with Gasteiger partial charge in [0.1, 0.15) is 0 Å². The van der Waals surface area contributed by atoms with Gasteiger partial charge in [-0.2, -0.15) is 0 Å². The molecule has 1 aliphatic heterocycles. The number of carbonyl (C=O) groups excluding carboxylic acids is 2. The van der Waals surface area contributed by atoms with Crippen molar-refractivity contribution in [2.24, 2.45) is 11.5 Å². The molecule has 0 amide bonds. The summed E-state index contributed by atoms with van der Waals surface area (Å²) in [7, 11) is 0. The third kappa shape index (κ3) is 3.85. The van der Waals surface area contributed by atoms with Crippen LogP contribution in [-0.2, 0) is 19.1 Å². The Kier molecular flexibility index (Phi) is 4.05. The van der Waals surface area contributed by atoms with Gasteiger partial charge in [-0.15, -0.1) is 0 Å². The summed E-state index contributed by atoms with van der Waals surface area (Å²) in [5.74, 6) is -1.05. The van der Waals surface area contributed by atoms with E-state index in [1.165, 1.54) is 0 Å². The number of esters is 2. The van der Waals surface area contributed by atoms with Gasteiger partial charge in [0.2, 0.25) is 0 Å². The van der Waals surface area contributed by atoms with E-state index in [0.29, 0.717) is 19.4 Å². The summed E-state index contributed by atoms with van der Waals surface area (Å²) >= 11 is 0. The van der Waals surface area contributed by atoms with Crippen LogP contribution < -0.4 is 11.5 Å². The van der Waals surface area contributed by atoms with Gasteiger partial charge in [-0.1, -0.05) is 0 Å². The Balaban J connectivity index is 2.59. The number of cyclic esters (lactones) is 2. The third-order valence-corrected chi connectivity index (χ3v) is 2.16. The molecule has 1 rings (SSSR count). The second-order valence-corrected chi connectivity index (χ2v) is 3.60. The van der Waals surface area contributed by atoms with E-state index in [0.717, 1.165) is 0 Å². The molecule has 86 valence electrons. The third-order valence-electron chi connectivity index (χ3n) is 2.16. The minimum Gasteiger partial charge on any atom is -0.466 e. The first-order chi connectivity index (χ1) is 7.02. The molecular weight excluding hydrogens is 200 g/mol. The molecule has 0 aromatic carbocycles. The van der Waals surface area contributed by atoms with Crippen molar-refractivity contribution >= 4 is 11.9 Å². The molecular formula is C9H16N2O4. The standard InChI is InChI=1S/C9H16N2O4/c10-9(11)4-3-7(12)14-5-1-2-6-15-8(9)13/h1-6,10-11H2. The molecule has 0 aliphatic carbocycles. The van der Waals surface area contributed by atoms with Crippen molar-refractivity contribution in [3.8, 4) is 0 Å². The van der Waals surface area contributed by atoms with Gasteiger partial charge in [0, 0.05) is 6.42 Å². The zero-order valence-corrected chi connectivity index (χ0v) is 8.53. The molecule has 1 aliphatic rings. The fourth-order valence-corrected chi connectivity index (χ4v) is 1.17. The molecule has 15 heavy (non-hydrogen) atoms. The Morgan fingerprint density at radius 3 is 2.33 bits per heavy atom. The Hall–Kier alpha value is -1.14. The number of carbonyl (C=O) groups is 2. The molecule has 6 nitrogen and oxygen atoms in total. The maximum Gasteiger partial charge on any atom is 0.340 e. The van der Waals surface area contributed by atoms with Crippen molar-refractivity contribution in [3.63, 3.8) is 0 Å². The summed E-state index contributed by atoms with van der Waals surface area (Å²) < 4.78 is 9.75. The highest BCUT2D eigenvalue weighted by Crippen LogP contribution is 2.09. The summed E-state index contributed by atoms with van der Waals surface area (Å²) in [6, 6.07) is 0. The van der Waals surface area contributed by atoms with Crippen molar-refractivity contribution < 1.29 is 19.1 Å². The van der Waals surface area contributed by atoms with Crippen molar-refractivity contribution in [1.82, 2.24) is 0 Å². The number of rotatable bonds is 0. The molecule has 1 saturated heterocycles. The van der Waals surface area contributed by atoms with Crippen LogP contribution in [0, 0.1) is 0 Å². The average molecular weight is 216 g/mol. The Bertz CT molecular complexity index is 252. The summed E-state index contributed by atoms with van der Waals surface area (Å²) in [5, 5.41) is 0. The lowest BCUT2D eigenvalue weighted by atomic mass is 10.1. The van der Waals surface area contributed by atoms with Gasteiger partial charge in [-0.3, -0.25) is 4.79 Å². The van der Waals surface area contributed by atoms with Gasteiger partial charge in [-0.05, 0) is 19.3 Å². The molecule has 1 heterocycles. The van der Waals surface area contributed by atoms with Crippen LogP contribution in [0.25, 0.3) is 0 Å². The Morgan fingerprint density at radius 1 is 1.07 bits per heavy atom. The normalized spacial score (nSPS) is 23.6. The first-order valence-corrected chi connectivity index (χ1v) is 4.93. The summed E-state index contributed by atoms with van der Waals surface area (Å²) in [5.41, 5.74) is 9.45. The van der Waals surface area contributed by atoms with Crippen LogP contribution in [0.4, 0.5) is 0 Å². The minimum atomic E-state index is -1.59. The van der Waals surface area contributed by atoms with Gasteiger partial charge in [0.25, 0.3) is 0 Å². The lowest BCUT2D eigenvalue weighted by molar-refractivity contribution is -0.150. The van der Waals surface area contributed by atoms with Crippen molar-refractivity contribution in [2.45, 2.75) is 31.3 Å². The van der Waals surface area contributed by atoms with Crippen molar-refractivity contribution in [2.75, 3.05) is 13.2 Å². The molecule has 4 N–H and O–H groups in total. The fraction of sp³-hybridized carbons (Fsp3) is 0.778. The molecule has 0 spiro atoms. The predicted octanol–water partition coefficient (Wildman–Crippen LogP) is -0.740. The summed E-state index contributed by atoms with van der Waals surface area (Å²) in [6.45, 7) is 0.602. The van der Waals surface area contributed by atoms with Crippen molar-refractivity contribution in [1.29, 1.82) is 0 Å². The van der Waals surface area contributed by atoms with E-state index in [4.69, 9.17) is 20.9 Å². The van der Waals surface area contributed by atoms with E-state index in [2.05, 4.69) is 0 Å². The van der Waals surface area contributed by atoms with E-state index in [9.17, 15) is 9.59 Å². The second kappa shape index (κ2) is 5.09. The molecule has 0 unspecified atom stereocenters. The highest BCUT2D eigenvalue weighted by Gasteiger charge is 2.31. The fourth-order valence-electron chi connectivity index (χ4n) is 1.17.